The first-order chi connectivity index (χ1) is 10.1. The number of halogens is 2. The molecule has 1 heterocycles. The fourth-order valence-electron chi connectivity index (χ4n) is 3.14. The van der Waals surface area contributed by atoms with E-state index < -0.39 is 0 Å². The van der Waals surface area contributed by atoms with Gasteiger partial charge in [-0.2, -0.15) is 0 Å². The summed E-state index contributed by atoms with van der Waals surface area (Å²) in [6.07, 6.45) is 4.52. The summed E-state index contributed by atoms with van der Waals surface area (Å²) in [5.41, 5.74) is 0.546. The summed E-state index contributed by atoms with van der Waals surface area (Å²) in [7, 11) is 0. The molecule has 1 saturated heterocycles. The maximum atomic E-state index is 12.2. The van der Waals surface area contributed by atoms with Gasteiger partial charge in [0.2, 0.25) is 5.91 Å². The van der Waals surface area contributed by atoms with Crippen LogP contribution < -0.4 is 10.6 Å². The normalized spacial score (nSPS) is 23.0. The number of carbonyl (C=O) groups is 1. The molecule has 1 atom stereocenters. The molecule has 1 aliphatic carbocycles. The number of amides is 1. The van der Waals surface area contributed by atoms with Gasteiger partial charge in [-0.05, 0) is 56.8 Å². The van der Waals surface area contributed by atoms with Crippen LogP contribution in [0.2, 0.25) is 10.0 Å². The van der Waals surface area contributed by atoms with E-state index in [1.165, 1.54) is 6.42 Å². The first-order valence-electron chi connectivity index (χ1n) is 7.57. The van der Waals surface area contributed by atoms with E-state index in [-0.39, 0.29) is 11.4 Å². The van der Waals surface area contributed by atoms with Crippen molar-refractivity contribution >= 4 is 29.1 Å². The molecule has 2 N–H and O–H groups in total. The maximum absolute atomic E-state index is 12.2. The minimum absolute atomic E-state index is 0.107. The second kappa shape index (κ2) is 6.15. The molecule has 2 fully saturated rings. The van der Waals surface area contributed by atoms with E-state index in [1.54, 1.807) is 0 Å². The van der Waals surface area contributed by atoms with Crippen molar-refractivity contribution in [1.82, 2.24) is 10.6 Å². The Labute approximate surface area is 135 Å². The van der Waals surface area contributed by atoms with Gasteiger partial charge < -0.3 is 10.6 Å². The predicted molar refractivity (Wildman–Crippen MR) is 85.7 cm³/mol. The van der Waals surface area contributed by atoms with Crippen molar-refractivity contribution in [2.24, 2.45) is 5.92 Å². The molecule has 0 spiro atoms. The van der Waals surface area contributed by atoms with Crippen LogP contribution in [0.1, 0.15) is 37.7 Å². The Morgan fingerprint density at radius 2 is 2.05 bits per heavy atom. The molecule has 2 aliphatic rings. The molecule has 1 aromatic rings. The number of benzene rings is 1. The van der Waals surface area contributed by atoms with Crippen molar-refractivity contribution in [1.29, 1.82) is 0 Å². The third-order valence-corrected chi connectivity index (χ3v) is 5.14. The highest BCUT2D eigenvalue weighted by Gasteiger charge is 2.48. The van der Waals surface area contributed by atoms with Crippen LogP contribution in [0.15, 0.2) is 18.2 Å². The fraction of sp³-hybridized carbons (Fsp3) is 0.562. The van der Waals surface area contributed by atoms with Crippen molar-refractivity contribution in [2.75, 3.05) is 13.1 Å². The van der Waals surface area contributed by atoms with Crippen molar-refractivity contribution in [3.05, 3.63) is 33.8 Å². The maximum Gasteiger partial charge on any atom is 0.220 e. The van der Waals surface area contributed by atoms with Crippen LogP contribution in [0.25, 0.3) is 0 Å². The Morgan fingerprint density at radius 3 is 2.62 bits per heavy atom. The molecule has 0 aromatic heterocycles. The first-order valence-corrected chi connectivity index (χ1v) is 8.32. The highest BCUT2D eigenvalue weighted by molar-refractivity contribution is 6.36. The Hall–Kier alpha value is -0.770. The van der Waals surface area contributed by atoms with Crippen LogP contribution >= 0.6 is 23.2 Å². The van der Waals surface area contributed by atoms with Gasteiger partial charge in [-0.25, -0.2) is 0 Å². The lowest BCUT2D eigenvalue weighted by Crippen LogP contribution is -2.35. The second-order valence-electron chi connectivity index (χ2n) is 6.12. The predicted octanol–water partition coefficient (Wildman–Crippen LogP) is 3.49. The molecule has 1 aliphatic heterocycles. The molecule has 1 amide bonds. The van der Waals surface area contributed by atoms with Gasteiger partial charge in [0.15, 0.2) is 0 Å². The third-order valence-electron chi connectivity index (χ3n) is 4.51. The van der Waals surface area contributed by atoms with Gasteiger partial charge in [-0.15, -0.1) is 0 Å². The monoisotopic (exact) mass is 326 g/mol. The molecular weight excluding hydrogens is 307 g/mol. The summed E-state index contributed by atoms with van der Waals surface area (Å²) < 4.78 is 0. The average molecular weight is 327 g/mol. The van der Waals surface area contributed by atoms with Crippen LogP contribution in [-0.4, -0.2) is 19.0 Å². The highest BCUT2D eigenvalue weighted by atomic mass is 35.5. The Balaban J connectivity index is 1.62. The molecule has 1 saturated carbocycles. The van der Waals surface area contributed by atoms with E-state index >= 15 is 0 Å². The molecule has 0 bridgehead atoms. The summed E-state index contributed by atoms with van der Waals surface area (Å²) in [5.74, 6) is 0.741. The zero-order valence-corrected chi connectivity index (χ0v) is 13.4. The van der Waals surface area contributed by atoms with Crippen molar-refractivity contribution in [3.63, 3.8) is 0 Å². The fourth-order valence-corrected chi connectivity index (χ4v) is 3.90. The topological polar surface area (TPSA) is 41.1 Å². The summed E-state index contributed by atoms with van der Waals surface area (Å²) in [5, 5.41) is 7.77. The Kier molecular flexibility index (Phi) is 4.43. The SMILES string of the molecule is O=C(CCC1CCNC1)NC1(c2c(Cl)cccc2Cl)CC1. The van der Waals surface area contributed by atoms with Gasteiger partial charge in [0, 0.05) is 22.0 Å². The molecule has 114 valence electrons. The van der Waals surface area contributed by atoms with Crippen LogP contribution in [0.4, 0.5) is 0 Å². The van der Waals surface area contributed by atoms with E-state index in [9.17, 15) is 4.79 Å². The minimum Gasteiger partial charge on any atom is -0.346 e. The summed E-state index contributed by atoms with van der Waals surface area (Å²) in [6, 6.07) is 5.50. The smallest absolute Gasteiger partial charge is 0.220 e. The lowest BCUT2D eigenvalue weighted by Gasteiger charge is -2.21. The second-order valence-corrected chi connectivity index (χ2v) is 6.94. The molecular formula is C16H20Cl2N2O. The zero-order chi connectivity index (χ0) is 14.9. The molecule has 3 nitrogen and oxygen atoms in total. The molecule has 0 radical (unpaired) electrons. The summed E-state index contributed by atoms with van der Waals surface area (Å²) in [6.45, 7) is 2.11. The van der Waals surface area contributed by atoms with Crippen LogP contribution in [0.5, 0.6) is 0 Å². The van der Waals surface area contributed by atoms with Crippen LogP contribution in [0, 0.1) is 5.92 Å². The van der Waals surface area contributed by atoms with E-state index in [1.807, 2.05) is 18.2 Å². The van der Waals surface area contributed by atoms with Crippen molar-refractivity contribution in [3.8, 4) is 0 Å². The van der Waals surface area contributed by atoms with Gasteiger partial charge >= 0.3 is 0 Å². The summed E-state index contributed by atoms with van der Waals surface area (Å²) in [4.78, 5) is 12.2. The molecule has 1 aromatic carbocycles. The lowest BCUT2D eigenvalue weighted by molar-refractivity contribution is -0.122. The van der Waals surface area contributed by atoms with E-state index in [4.69, 9.17) is 23.2 Å². The van der Waals surface area contributed by atoms with Gasteiger partial charge in [0.25, 0.3) is 0 Å². The average Bonchev–Trinajstić information content (AvgIpc) is 3.01. The van der Waals surface area contributed by atoms with Crippen LogP contribution in [0.3, 0.4) is 0 Å². The number of hydrogen-bond acceptors (Lipinski definition) is 2. The van der Waals surface area contributed by atoms with E-state index in [0.717, 1.165) is 37.9 Å². The zero-order valence-electron chi connectivity index (χ0n) is 11.9. The van der Waals surface area contributed by atoms with Crippen molar-refractivity contribution in [2.45, 2.75) is 37.6 Å². The largest absolute Gasteiger partial charge is 0.346 e. The summed E-state index contributed by atoms with van der Waals surface area (Å²) >= 11 is 12.5. The van der Waals surface area contributed by atoms with E-state index in [2.05, 4.69) is 10.6 Å². The molecule has 5 heteroatoms. The van der Waals surface area contributed by atoms with Crippen LogP contribution in [-0.2, 0) is 10.3 Å². The Morgan fingerprint density at radius 1 is 1.33 bits per heavy atom. The van der Waals surface area contributed by atoms with Crippen molar-refractivity contribution < 1.29 is 4.79 Å². The Bertz CT molecular complexity index is 517. The number of rotatable bonds is 5. The minimum atomic E-state index is -0.333. The number of nitrogens with one attached hydrogen (secondary N) is 2. The molecule has 21 heavy (non-hydrogen) atoms. The van der Waals surface area contributed by atoms with Gasteiger partial charge in [-0.1, -0.05) is 29.3 Å². The standard InChI is InChI=1S/C16H20Cl2N2O/c17-12-2-1-3-13(18)15(12)16(7-8-16)20-14(21)5-4-11-6-9-19-10-11/h1-3,11,19H,4-10H2,(H,20,21). The number of carbonyl (C=O) groups excluding carboxylic acids is 1. The number of hydrogen-bond donors (Lipinski definition) is 2. The first kappa shape index (κ1) is 15.1. The van der Waals surface area contributed by atoms with Gasteiger partial charge in [0.05, 0.1) is 5.54 Å². The molecule has 3 rings (SSSR count). The molecule has 1 unspecified atom stereocenters. The third kappa shape index (κ3) is 3.36. The van der Waals surface area contributed by atoms with Gasteiger partial charge in [0.1, 0.15) is 0 Å². The highest BCUT2D eigenvalue weighted by Crippen LogP contribution is 2.50. The van der Waals surface area contributed by atoms with E-state index in [0.29, 0.717) is 22.4 Å². The lowest BCUT2D eigenvalue weighted by atomic mass is 10.0. The van der Waals surface area contributed by atoms with Gasteiger partial charge in [-0.3, -0.25) is 4.79 Å². The quantitative estimate of drug-likeness (QED) is 0.869.